The minimum absolute atomic E-state index is 0.0407. The Balaban J connectivity index is 2.22. The van der Waals surface area contributed by atoms with Crippen molar-refractivity contribution in [1.82, 2.24) is 0 Å². The summed E-state index contributed by atoms with van der Waals surface area (Å²) < 4.78 is 10.5. The molecule has 0 saturated carbocycles. The predicted molar refractivity (Wildman–Crippen MR) is 69.7 cm³/mol. The number of carbonyl (C=O) groups excluding carboxylic acids is 1. The van der Waals surface area contributed by atoms with Crippen LogP contribution in [0.1, 0.15) is 27.9 Å². The number of carbonyl (C=O) groups is 1. The number of ether oxygens (including phenoxy) is 2. The van der Waals surface area contributed by atoms with Crippen molar-refractivity contribution in [1.29, 1.82) is 0 Å². The quantitative estimate of drug-likeness (QED) is 0.767. The predicted octanol–water partition coefficient (Wildman–Crippen LogP) is 2.31. The second-order valence-electron chi connectivity index (χ2n) is 4.29. The molecule has 0 aliphatic carbocycles. The topological polar surface area (TPSA) is 47.9 Å². The molecule has 4 nitrogen and oxygen atoms in total. The van der Waals surface area contributed by atoms with E-state index in [1.807, 2.05) is 19.9 Å². The molecule has 1 aromatic carbocycles. The molecule has 18 heavy (non-hydrogen) atoms. The van der Waals surface area contributed by atoms with Crippen LogP contribution in [0.15, 0.2) is 17.1 Å². The van der Waals surface area contributed by atoms with Gasteiger partial charge in [-0.25, -0.2) is 0 Å². The van der Waals surface area contributed by atoms with Crippen LogP contribution >= 0.6 is 0 Å². The highest BCUT2D eigenvalue weighted by molar-refractivity contribution is 6.08. The van der Waals surface area contributed by atoms with Crippen LogP contribution in [0.2, 0.25) is 0 Å². The molecule has 0 fully saturated rings. The van der Waals surface area contributed by atoms with Crippen molar-refractivity contribution < 1.29 is 14.3 Å². The maximum Gasteiger partial charge on any atom is 0.191 e. The van der Waals surface area contributed by atoms with Crippen molar-refractivity contribution in [2.45, 2.75) is 20.3 Å². The van der Waals surface area contributed by atoms with Gasteiger partial charge < -0.3 is 9.47 Å². The minimum Gasteiger partial charge on any atom is -0.496 e. The van der Waals surface area contributed by atoms with Gasteiger partial charge >= 0.3 is 0 Å². The van der Waals surface area contributed by atoms with Gasteiger partial charge in [-0.2, -0.15) is 0 Å². The molecule has 1 aliphatic heterocycles. The van der Waals surface area contributed by atoms with E-state index in [-0.39, 0.29) is 12.2 Å². The molecule has 0 bridgehead atoms. The molecule has 1 aromatic rings. The Kier molecular flexibility index (Phi) is 3.65. The lowest BCUT2D eigenvalue weighted by Gasteiger charge is -2.11. The lowest BCUT2D eigenvalue weighted by molar-refractivity contribution is 0.0994. The summed E-state index contributed by atoms with van der Waals surface area (Å²) in [6.07, 6.45) is 0.243. The van der Waals surface area contributed by atoms with Crippen LogP contribution in [0.3, 0.4) is 0 Å². The van der Waals surface area contributed by atoms with Gasteiger partial charge in [-0.1, -0.05) is 0 Å². The first-order valence-corrected chi connectivity index (χ1v) is 5.97. The Morgan fingerprint density at radius 1 is 1.39 bits per heavy atom. The maximum absolute atomic E-state index is 12.2. The van der Waals surface area contributed by atoms with E-state index >= 15 is 0 Å². The van der Waals surface area contributed by atoms with Gasteiger partial charge in [0.25, 0.3) is 0 Å². The molecule has 2 rings (SSSR count). The molecule has 4 heteroatoms. The molecule has 0 saturated heterocycles. The molecule has 0 N–H and O–H groups in total. The largest absolute Gasteiger partial charge is 0.496 e. The third-order valence-electron chi connectivity index (χ3n) is 3.22. The van der Waals surface area contributed by atoms with Crippen LogP contribution in [-0.4, -0.2) is 31.9 Å². The van der Waals surface area contributed by atoms with Crippen molar-refractivity contribution in [3.63, 3.8) is 0 Å². The summed E-state index contributed by atoms with van der Waals surface area (Å²) in [6, 6.07) is 3.63. The number of rotatable bonds is 4. The summed E-state index contributed by atoms with van der Waals surface area (Å²) in [5, 5.41) is 0. The van der Waals surface area contributed by atoms with Crippen LogP contribution in [-0.2, 0) is 4.74 Å². The molecule has 1 aliphatic rings. The second kappa shape index (κ2) is 5.21. The number of hydrogen-bond donors (Lipinski definition) is 0. The van der Waals surface area contributed by atoms with Crippen LogP contribution in [0.5, 0.6) is 5.75 Å². The van der Waals surface area contributed by atoms with Crippen molar-refractivity contribution in [2.75, 3.05) is 20.3 Å². The van der Waals surface area contributed by atoms with Crippen molar-refractivity contribution >= 4 is 11.7 Å². The Morgan fingerprint density at radius 2 is 2.17 bits per heavy atom. The van der Waals surface area contributed by atoms with Crippen molar-refractivity contribution in [2.24, 2.45) is 4.99 Å². The summed E-state index contributed by atoms with van der Waals surface area (Å²) in [4.78, 5) is 16.3. The number of methoxy groups -OCH3 is 1. The standard InChI is InChI=1S/C14H17NO3/c1-9-10(2)13(17-3)5-4-11(9)12(16)8-14-15-6-7-18-14/h4-5H,6-8H2,1-3H3. The monoisotopic (exact) mass is 247 g/mol. The Morgan fingerprint density at radius 3 is 2.78 bits per heavy atom. The Labute approximate surface area is 107 Å². The van der Waals surface area contributed by atoms with E-state index in [1.54, 1.807) is 13.2 Å². The third-order valence-corrected chi connectivity index (χ3v) is 3.22. The smallest absolute Gasteiger partial charge is 0.191 e. The van der Waals surface area contributed by atoms with Gasteiger partial charge in [-0.05, 0) is 37.1 Å². The van der Waals surface area contributed by atoms with Gasteiger partial charge in [0.1, 0.15) is 12.4 Å². The first-order chi connectivity index (χ1) is 8.63. The number of Topliss-reactive ketones (excluding diaryl/α,β-unsaturated/α-hetero) is 1. The lowest BCUT2D eigenvalue weighted by Crippen LogP contribution is -2.10. The van der Waals surface area contributed by atoms with E-state index in [0.717, 1.165) is 16.9 Å². The summed E-state index contributed by atoms with van der Waals surface area (Å²) in [6.45, 7) is 5.13. The summed E-state index contributed by atoms with van der Waals surface area (Å²) in [7, 11) is 1.63. The second-order valence-corrected chi connectivity index (χ2v) is 4.29. The van der Waals surface area contributed by atoms with Gasteiger partial charge in [0.2, 0.25) is 0 Å². The molecule has 0 aromatic heterocycles. The molecular weight excluding hydrogens is 230 g/mol. The summed E-state index contributed by atoms with van der Waals surface area (Å²) in [5.41, 5.74) is 2.67. The van der Waals surface area contributed by atoms with Crippen LogP contribution in [0.25, 0.3) is 0 Å². The number of hydrogen-bond acceptors (Lipinski definition) is 4. The molecule has 0 radical (unpaired) electrons. The zero-order chi connectivity index (χ0) is 13.1. The van der Waals surface area contributed by atoms with Crippen molar-refractivity contribution in [3.05, 3.63) is 28.8 Å². The maximum atomic E-state index is 12.2. The fourth-order valence-electron chi connectivity index (χ4n) is 2.04. The SMILES string of the molecule is COc1ccc(C(=O)CC2=NCCO2)c(C)c1C. The van der Waals surface area contributed by atoms with Crippen LogP contribution in [0.4, 0.5) is 0 Å². The first-order valence-electron chi connectivity index (χ1n) is 5.97. The average Bonchev–Trinajstić information content (AvgIpc) is 2.85. The van der Waals surface area contributed by atoms with E-state index in [9.17, 15) is 4.79 Å². The molecule has 0 spiro atoms. The molecule has 0 atom stereocenters. The van der Waals surface area contributed by atoms with E-state index in [2.05, 4.69) is 4.99 Å². The summed E-state index contributed by atoms with van der Waals surface area (Å²) >= 11 is 0. The Hall–Kier alpha value is -1.84. The molecule has 0 unspecified atom stereocenters. The molecule has 1 heterocycles. The number of aliphatic imine (C=N–C) groups is 1. The molecule has 96 valence electrons. The van der Waals surface area contributed by atoms with Gasteiger partial charge in [0.05, 0.1) is 20.1 Å². The summed E-state index contributed by atoms with van der Waals surface area (Å²) in [5.74, 6) is 1.39. The fourth-order valence-corrected chi connectivity index (χ4v) is 2.04. The van der Waals surface area contributed by atoms with Gasteiger partial charge in [-0.15, -0.1) is 0 Å². The fraction of sp³-hybridized carbons (Fsp3) is 0.429. The Bertz CT molecular complexity index is 506. The number of ketones is 1. The highest BCUT2D eigenvalue weighted by Gasteiger charge is 2.17. The minimum atomic E-state index is 0.0407. The van der Waals surface area contributed by atoms with E-state index in [1.165, 1.54) is 0 Å². The van der Waals surface area contributed by atoms with Gasteiger partial charge in [0.15, 0.2) is 11.7 Å². The zero-order valence-electron chi connectivity index (χ0n) is 10.9. The molecule has 0 amide bonds. The highest BCUT2D eigenvalue weighted by atomic mass is 16.5. The number of benzene rings is 1. The normalized spacial score (nSPS) is 14.1. The van der Waals surface area contributed by atoms with Crippen molar-refractivity contribution in [3.8, 4) is 5.75 Å². The third kappa shape index (κ3) is 2.37. The lowest BCUT2D eigenvalue weighted by atomic mass is 9.98. The zero-order valence-corrected chi connectivity index (χ0v) is 10.9. The van der Waals surface area contributed by atoms with E-state index in [0.29, 0.717) is 24.6 Å². The first kappa shape index (κ1) is 12.6. The number of nitrogens with zero attached hydrogens (tertiary/aromatic N) is 1. The van der Waals surface area contributed by atoms with Crippen LogP contribution in [0, 0.1) is 13.8 Å². The van der Waals surface area contributed by atoms with E-state index in [4.69, 9.17) is 9.47 Å². The van der Waals surface area contributed by atoms with E-state index < -0.39 is 0 Å². The van der Waals surface area contributed by atoms with Crippen LogP contribution < -0.4 is 4.74 Å². The van der Waals surface area contributed by atoms with Gasteiger partial charge in [0, 0.05) is 5.56 Å². The highest BCUT2D eigenvalue weighted by Crippen LogP contribution is 2.25. The van der Waals surface area contributed by atoms with Gasteiger partial charge in [-0.3, -0.25) is 9.79 Å². The average molecular weight is 247 g/mol. The molecular formula is C14H17NO3.